The summed E-state index contributed by atoms with van der Waals surface area (Å²) >= 11 is 0. The number of amides is 1. The van der Waals surface area contributed by atoms with Gasteiger partial charge in [0.25, 0.3) is 5.69 Å². The van der Waals surface area contributed by atoms with Gasteiger partial charge in [-0.15, -0.1) is 0 Å². The van der Waals surface area contributed by atoms with Crippen molar-refractivity contribution in [1.29, 1.82) is 0 Å². The van der Waals surface area contributed by atoms with Crippen molar-refractivity contribution >= 4 is 28.1 Å². The molecule has 0 unspecified atom stereocenters. The molecule has 172 valence electrons. The molecule has 3 aromatic carbocycles. The number of anilines is 1. The molecule has 1 amide bonds. The van der Waals surface area contributed by atoms with Gasteiger partial charge in [0.2, 0.25) is 5.91 Å². The van der Waals surface area contributed by atoms with Gasteiger partial charge < -0.3 is 15.0 Å². The molecular formula is C25H28N4O4. The summed E-state index contributed by atoms with van der Waals surface area (Å²) < 4.78 is 5.21. The summed E-state index contributed by atoms with van der Waals surface area (Å²) in [6, 6.07) is 19.1. The summed E-state index contributed by atoms with van der Waals surface area (Å²) in [6.45, 7) is 5.26. The molecule has 1 heterocycles. The number of carbonyl (C=O) groups is 1. The van der Waals surface area contributed by atoms with E-state index >= 15 is 0 Å². The highest BCUT2D eigenvalue weighted by molar-refractivity contribution is 5.92. The highest BCUT2D eigenvalue weighted by Gasteiger charge is 2.19. The molecular weight excluding hydrogens is 420 g/mol. The van der Waals surface area contributed by atoms with E-state index in [9.17, 15) is 14.9 Å². The first-order chi connectivity index (χ1) is 16.0. The third kappa shape index (κ3) is 5.66. The minimum absolute atomic E-state index is 0.0894. The van der Waals surface area contributed by atoms with Gasteiger partial charge in [-0.25, -0.2) is 0 Å². The molecule has 8 nitrogen and oxygen atoms in total. The van der Waals surface area contributed by atoms with Gasteiger partial charge in [0, 0.05) is 57.8 Å². The predicted octanol–water partition coefficient (Wildman–Crippen LogP) is 3.90. The number of methoxy groups -OCH3 is 1. The van der Waals surface area contributed by atoms with E-state index in [0.29, 0.717) is 24.4 Å². The fourth-order valence-corrected chi connectivity index (χ4v) is 4.22. The Balaban J connectivity index is 1.26. The van der Waals surface area contributed by atoms with E-state index < -0.39 is 4.92 Å². The summed E-state index contributed by atoms with van der Waals surface area (Å²) in [5.41, 5.74) is 1.57. The number of nitrogens with one attached hydrogen (secondary N) is 1. The van der Waals surface area contributed by atoms with E-state index in [1.807, 2.05) is 0 Å². The third-order valence-electron chi connectivity index (χ3n) is 6.06. The molecule has 0 aliphatic carbocycles. The van der Waals surface area contributed by atoms with Crippen LogP contribution in [-0.2, 0) is 11.3 Å². The molecule has 1 saturated heterocycles. The van der Waals surface area contributed by atoms with Crippen LogP contribution in [0.15, 0.2) is 60.7 Å². The van der Waals surface area contributed by atoms with Crippen LogP contribution >= 0.6 is 0 Å². The van der Waals surface area contributed by atoms with Crippen molar-refractivity contribution in [2.45, 2.75) is 13.0 Å². The number of carbonyl (C=O) groups excluding carboxylic acids is 1. The van der Waals surface area contributed by atoms with Crippen LogP contribution in [0.3, 0.4) is 0 Å². The van der Waals surface area contributed by atoms with E-state index in [1.165, 1.54) is 41.6 Å². The first-order valence-electron chi connectivity index (χ1n) is 11.1. The van der Waals surface area contributed by atoms with Crippen molar-refractivity contribution in [2.75, 3.05) is 45.2 Å². The zero-order valence-electron chi connectivity index (χ0n) is 18.7. The van der Waals surface area contributed by atoms with Crippen LogP contribution in [-0.4, -0.2) is 60.5 Å². The molecule has 1 fully saturated rings. The van der Waals surface area contributed by atoms with Crippen molar-refractivity contribution < 1.29 is 14.5 Å². The van der Waals surface area contributed by atoms with Gasteiger partial charge in [0.05, 0.1) is 17.7 Å². The highest BCUT2D eigenvalue weighted by atomic mass is 16.6. The summed E-state index contributed by atoms with van der Waals surface area (Å²) in [5, 5.41) is 16.3. The van der Waals surface area contributed by atoms with Crippen molar-refractivity contribution in [3.05, 3.63) is 76.3 Å². The molecule has 1 N–H and O–H groups in total. The molecule has 1 aliphatic rings. The fraction of sp³-hybridized carbons (Fsp3) is 0.320. The number of hydrogen-bond acceptors (Lipinski definition) is 6. The van der Waals surface area contributed by atoms with Crippen LogP contribution < -0.4 is 10.1 Å². The van der Waals surface area contributed by atoms with Gasteiger partial charge in [0.1, 0.15) is 5.75 Å². The van der Waals surface area contributed by atoms with Crippen molar-refractivity contribution in [2.24, 2.45) is 0 Å². The number of piperazine rings is 1. The molecule has 4 rings (SSSR count). The number of nitro benzene ring substituents is 1. The molecule has 0 aromatic heterocycles. The Morgan fingerprint density at radius 1 is 1.03 bits per heavy atom. The Bertz CT molecular complexity index is 1140. The Morgan fingerprint density at radius 2 is 1.76 bits per heavy atom. The normalized spacial score (nSPS) is 14.8. The molecule has 0 atom stereocenters. The second-order valence-electron chi connectivity index (χ2n) is 8.20. The number of rotatable bonds is 8. The number of ether oxygens (including phenoxy) is 1. The van der Waals surface area contributed by atoms with Crippen LogP contribution in [0.2, 0.25) is 0 Å². The fourth-order valence-electron chi connectivity index (χ4n) is 4.22. The van der Waals surface area contributed by atoms with E-state index in [-0.39, 0.29) is 11.6 Å². The second kappa shape index (κ2) is 10.4. The van der Waals surface area contributed by atoms with E-state index in [1.54, 1.807) is 0 Å². The standard InChI is InChI=1S/C25H28N4O4/c1-33-24-10-9-21(29(31)32)17-23(24)26-25(30)11-12-27-13-15-28(16-14-27)18-20-7-4-6-19-5-2-3-8-22(19)20/h2-10,17H,11-16,18H2,1H3,(H,26,30). The van der Waals surface area contributed by atoms with E-state index in [4.69, 9.17) is 4.74 Å². The largest absolute Gasteiger partial charge is 0.495 e. The van der Waals surface area contributed by atoms with Gasteiger partial charge in [-0.1, -0.05) is 42.5 Å². The summed E-state index contributed by atoms with van der Waals surface area (Å²) in [4.78, 5) is 27.7. The van der Waals surface area contributed by atoms with Crippen LogP contribution in [0.25, 0.3) is 10.8 Å². The number of nitro groups is 1. The highest BCUT2D eigenvalue weighted by Crippen LogP contribution is 2.29. The van der Waals surface area contributed by atoms with Gasteiger partial charge in [-0.05, 0) is 22.4 Å². The molecule has 8 heteroatoms. The topological polar surface area (TPSA) is 87.9 Å². The van der Waals surface area contributed by atoms with Crippen LogP contribution in [0.5, 0.6) is 5.75 Å². The zero-order valence-corrected chi connectivity index (χ0v) is 18.7. The minimum Gasteiger partial charge on any atom is -0.495 e. The maximum absolute atomic E-state index is 12.5. The van der Waals surface area contributed by atoms with E-state index in [2.05, 4.69) is 57.6 Å². The summed E-state index contributed by atoms with van der Waals surface area (Å²) in [5.74, 6) is 0.211. The number of benzene rings is 3. The lowest BCUT2D eigenvalue weighted by atomic mass is 10.0. The Morgan fingerprint density at radius 3 is 2.52 bits per heavy atom. The number of nitrogens with zero attached hydrogens (tertiary/aromatic N) is 3. The van der Waals surface area contributed by atoms with Crippen LogP contribution in [0, 0.1) is 10.1 Å². The van der Waals surface area contributed by atoms with Gasteiger partial charge >= 0.3 is 0 Å². The van der Waals surface area contributed by atoms with Crippen molar-refractivity contribution in [3.8, 4) is 5.75 Å². The first kappa shape index (κ1) is 22.7. The Labute approximate surface area is 192 Å². The smallest absolute Gasteiger partial charge is 0.271 e. The molecule has 33 heavy (non-hydrogen) atoms. The van der Waals surface area contributed by atoms with E-state index in [0.717, 1.165) is 32.7 Å². The molecule has 0 saturated carbocycles. The maximum atomic E-state index is 12.5. The predicted molar refractivity (Wildman–Crippen MR) is 129 cm³/mol. The second-order valence-corrected chi connectivity index (χ2v) is 8.20. The average Bonchev–Trinajstić information content (AvgIpc) is 2.84. The summed E-state index contributed by atoms with van der Waals surface area (Å²) in [6.07, 6.45) is 0.315. The third-order valence-corrected chi connectivity index (χ3v) is 6.06. The van der Waals surface area contributed by atoms with Crippen LogP contribution in [0.4, 0.5) is 11.4 Å². The van der Waals surface area contributed by atoms with Crippen molar-refractivity contribution in [3.63, 3.8) is 0 Å². The lowest BCUT2D eigenvalue weighted by molar-refractivity contribution is -0.384. The molecule has 0 spiro atoms. The monoisotopic (exact) mass is 448 g/mol. The average molecular weight is 449 g/mol. The van der Waals surface area contributed by atoms with Crippen LogP contribution in [0.1, 0.15) is 12.0 Å². The molecule has 3 aromatic rings. The minimum atomic E-state index is -0.493. The lowest BCUT2D eigenvalue weighted by Crippen LogP contribution is -2.46. The molecule has 0 bridgehead atoms. The maximum Gasteiger partial charge on any atom is 0.271 e. The van der Waals surface area contributed by atoms with Gasteiger partial charge in [-0.3, -0.25) is 19.8 Å². The lowest BCUT2D eigenvalue weighted by Gasteiger charge is -2.34. The number of non-ortho nitro benzene ring substituents is 1. The number of hydrogen-bond donors (Lipinski definition) is 1. The molecule has 0 radical (unpaired) electrons. The quantitative estimate of drug-likeness (QED) is 0.415. The van der Waals surface area contributed by atoms with Gasteiger partial charge in [-0.2, -0.15) is 0 Å². The van der Waals surface area contributed by atoms with Gasteiger partial charge in [0.15, 0.2) is 0 Å². The SMILES string of the molecule is COc1ccc([N+](=O)[O-])cc1NC(=O)CCN1CCN(Cc2cccc3ccccc23)CC1. The summed E-state index contributed by atoms with van der Waals surface area (Å²) in [7, 11) is 1.47. The number of fused-ring (bicyclic) bond motifs is 1. The zero-order chi connectivity index (χ0) is 23.2. The molecule has 1 aliphatic heterocycles. The Hall–Kier alpha value is -3.49. The van der Waals surface area contributed by atoms with Crippen molar-refractivity contribution in [1.82, 2.24) is 9.80 Å². The Kier molecular flexibility index (Phi) is 7.16. The first-order valence-corrected chi connectivity index (χ1v) is 11.1.